The maximum Gasteiger partial charge on any atom is 0.170 e. The molecule has 0 amide bonds. The van der Waals surface area contributed by atoms with Crippen molar-refractivity contribution in [3.05, 3.63) is 95.6 Å². The van der Waals surface area contributed by atoms with Crippen molar-refractivity contribution in [2.24, 2.45) is 0 Å². The first-order chi connectivity index (χ1) is 12.0. The van der Waals surface area contributed by atoms with E-state index in [1.54, 1.807) is 30.3 Å². The summed E-state index contributed by atoms with van der Waals surface area (Å²) in [4.78, 5) is 11.5. The van der Waals surface area contributed by atoms with Crippen molar-refractivity contribution < 1.29 is 23.4 Å². The van der Waals surface area contributed by atoms with Gasteiger partial charge in [0, 0.05) is 6.07 Å². The fourth-order valence-electron chi connectivity index (χ4n) is 2.45. The minimum atomic E-state index is -1.78. The van der Waals surface area contributed by atoms with E-state index in [-0.39, 0.29) is 5.75 Å². The molecule has 0 aromatic heterocycles. The first kappa shape index (κ1) is 16.8. The molecule has 0 aliphatic carbocycles. The van der Waals surface area contributed by atoms with Gasteiger partial charge in [-0.15, -0.1) is 0 Å². The molecular formula is C20H14F2O3. The summed E-state index contributed by atoms with van der Waals surface area (Å²) >= 11 is 0. The molecule has 0 radical (unpaired) electrons. The van der Waals surface area contributed by atoms with Crippen LogP contribution in [0.1, 0.15) is 11.1 Å². The van der Waals surface area contributed by atoms with Crippen LogP contribution in [0.4, 0.5) is 8.78 Å². The van der Waals surface area contributed by atoms with Crippen LogP contribution in [-0.4, -0.2) is 11.4 Å². The Hall–Kier alpha value is -3.05. The molecule has 5 heteroatoms. The van der Waals surface area contributed by atoms with Gasteiger partial charge in [0.25, 0.3) is 0 Å². The van der Waals surface area contributed by atoms with Crippen molar-refractivity contribution in [3.63, 3.8) is 0 Å². The van der Waals surface area contributed by atoms with E-state index in [9.17, 15) is 18.7 Å². The summed E-state index contributed by atoms with van der Waals surface area (Å²) in [6.45, 7) is 0. The van der Waals surface area contributed by atoms with Gasteiger partial charge >= 0.3 is 0 Å². The highest BCUT2D eigenvalue weighted by Crippen LogP contribution is 2.30. The Morgan fingerprint density at radius 3 is 2.00 bits per heavy atom. The molecule has 0 aliphatic rings. The van der Waals surface area contributed by atoms with Gasteiger partial charge in [-0.1, -0.05) is 42.5 Å². The number of hydrogen-bond acceptors (Lipinski definition) is 3. The summed E-state index contributed by atoms with van der Waals surface area (Å²) in [5, 5.41) is 10.7. The van der Waals surface area contributed by atoms with Crippen LogP contribution < -0.4 is 4.74 Å². The van der Waals surface area contributed by atoms with E-state index in [2.05, 4.69) is 0 Å². The summed E-state index contributed by atoms with van der Waals surface area (Å²) in [6, 6.07) is 17.9. The zero-order valence-corrected chi connectivity index (χ0v) is 13.0. The smallest absolute Gasteiger partial charge is 0.170 e. The number of ether oxygens (including phenoxy) is 1. The average Bonchev–Trinajstić information content (AvgIpc) is 2.65. The minimum Gasteiger partial charge on any atom is -0.457 e. The van der Waals surface area contributed by atoms with E-state index in [0.717, 1.165) is 12.1 Å². The van der Waals surface area contributed by atoms with Crippen molar-refractivity contribution in [2.75, 3.05) is 0 Å². The Morgan fingerprint density at radius 2 is 1.40 bits per heavy atom. The molecule has 3 aromatic carbocycles. The van der Waals surface area contributed by atoms with Gasteiger partial charge in [-0.2, -0.15) is 0 Å². The number of hydrogen-bond donors (Lipinski definition) is 1. The van der Waals surface area contributed by atoms with Gasteiger partial charge < -0.3 is 9.84 Å². The first-order valence-corrected chi connectivity index (χ1v) is 7.50. The molecule has 0 heterocycles. The lowest BCUT2D eigenvalue weighted by Gasteiger charge is -2.23. The third-order valence-electron chi connectivity index (χ3n) is 3.81. The van der Waals surface area contributed by atoms with Crippen LogP contribution >= 0.6 is 0 Å². The van der Waals surface area contributed by atoms with E-state index in [4.69, 9.17) is 4.74 Å². The van der Waals surface area contributed by atoms with Gasteiger partial charge in [0.1, 0.15) is 11.5 Å². The lowest BCUT2D eigenvalue weighted by molar-refractivity contribution is -0.121. The van der Waals surface area contributed by atoms with E-state index in [1.807, 2.05) is 0 Å². The van der Waals surface area contributed by atoms with E-state index < -0.39 is 17.2 Å². The van der Waals surface area contributed by atoms with Crippen LogP contribution in [-0.2, 0) is 10.4 Å². The Kier molecular flexibility index (Phi) is 4.59. The Balaban J connectivity index is 1.86. The molecule has 0 aliphatic heterocycles. The molecule has 3 nitrogen and oxygen atoms in total. The third-order valence-corrected chi connectivity index (χ3v) is 3.81. The maximum absolute atomic E-state index is 13.2. The van der Waals surface area contributed by atoms with E-state index in [1.165, 1.54) is 30.3 Å². The van der Waals surface area contributed by atoms with Gasteiger partial charge in [0.05, 0.1) is 0 Å². The summed E-state index contributed by atoms with van der Waals surface area (Å²) in [7, 11) is 0. The monoisotopic (exact) mass is 340 g/mol. The normalized spacial score (nSPS) is 13.1. The molecule has 25 heavy (non-hydrogen) atoms. The van der Waals surface area contributed by atoms with Crippen molar-refractivity contribution in [3.8, 4) is 11.5 Å². The van der Waals surface area contributed by atoms with Crippen LogP contribution in [0.15, 0.2) is 72.8 Å². The van der Waals surface area contributed by atoms with Gasteiger partial charge in [-0.25, -0.2) is 8.78 Å². The molecule has 0 saturated heterocycles. The number of carbonyl (C=O) groups excluding carboxylic acids is 1. The number of benzene rings is 3. The van der Waals surface area contributed by atoms with Crippen LogP contribution in [0, 0.1) is 11.6 Å². The molecule has 3 rings (SSSR count). The Labute approximate surface area is 143 Å². The van der Waals surface area contributed by atoms with Crippen molar-refractivity contribution >= 4 is 6.29 Å². The number of rotatable bonds is 5. The molecule has 126 valence electrons. The zero-order chi connectivity index (χ0) is 17.9. The van der Waals surface area contributed by atoms with Crippen LogP contribution in [0.5, 0.6) is 11.5 Å². The lowest BCUT2D eigenvalue weighted by Crippen LogP contribution is -2.28. The summed E-state index contributed by atoms with van der Waals surface area (Å²) in [5.74, 6) is -1.47. The SMILES string of the molecule is O=CC(O)(c1ccccc1)c1ccc(Oc2ccc(F)c(F)c2)cc1. The standard InChI is InChI=1S/C20H14F2O3/c21-18-11-10-17(12-19(18)22)25-16-8-6-15(7-9-16)20(24,13-23)14-4-2-1-3-5-14/h1-13,24H. The highest BCUT2D eigenvalue weighted by molar-refractivity contribution is 5.72. The van der Waals surface area contributed by atoms with E-state index in [0.29, 0.717) is 23.2 Å². The summed E-state index contributed by atoms with van der Waals surface area (Å²) in [5.41, 5.74) is -0.965. The van der Waals surface area contributed by atoms with Crippen molar-refractivity contribution in [1.29, 1.82) is 0 Å². The zero-order valence-electron chi connectivity index (χ0n) is 13.0. The number of aliphatic hydroxyl groups is 1. The Bertz CT molecular complexity index is 879. The number of aldehydes is 1. The fourth-order valence-corrected chi connectivity index (χ4v) is 2.45. The first-order valence-electron chi connectivity index (χ1n) is 7.50. The lowest BCUT2D eigenvalue weighted by atomic mass is 9.88. The van der Waals surface area contributed by atoms with Crippen LogP contribution in [0.3, 0.4) is 0 Å². The molecule has 3 aromatic rings. The minimum absolute atomic E-state index is 0.139. The second-order valence-corrected chi connectivity index (χ2v) is 5.45. The molecule has 0 spiro atoms. The molecular weight excluding hydrogens is 326 g/mol. The molecule has 1 atom stereocenters. The molecule has 0 bridgehead atoms. The van der Waals surface area contributed by atoms with Gasteiger partial charge in [0.15, 0.2) is 23.5 Å². The number of carbonyl (C=O) groups is 1. The van der Waals surface area contributed by atoms with Gasteiger partial charge in [-0.3, -0.25) is 4.79 Å². The van der Waals surface area contributed by atoms with Crippen LogP contribution in [0.2, 0.25) is 0 Å². The average molecular weight is 340 g/mol. The second kappa shape index (κ2) is 6.83. The number of halogens is 2. The van der Waals surface area contributed by atoms with E-state index >= 15 is 0 Å². The molecule has 1 unspecified atom stereocenters. The fraction of sp³-hybridized carbons (Fsp3) is 0.0500. The molecule has 1 N–H and O–H groups in total. The Morgan fingerprint density at radius 1 is 0.800 bits per heavy atom. The van der Waals surface area contributed by atoms with Gasteiger partial charge in [0.2, 0.25) is 0 Å². The highest BCUT2D eigenvalue weighted by Gasteiger charge is 2.30. The van der Waals surface area contributed by atoms with Crippen molar-refractivity contribution in [1.82, 2.24) is 0 Å². The summed E-state index contributed by atoms with van der Waals surface area (Å²) in [6.07, 6.45) is 0.466. The third kappa shape index (κ3) is 3.41. The predicted octanol–water partition coefficient (Wildman–Crippen LogP) is 4.19. The highest BCUT2D eigenvalue weighted by atomic mass is 19.2. The second-order valence-electron chi connectivity index (χ2n) is 5.45. The van der Waals surface area contributed by atoms with Gasteiger partial charge in [-0.05, 0) is 35.4 Å². The quantitative estimate of drug-likeness (QED) is 0.709. The largest absolute Gasteiger partial charge is 0.457 e. The molecule has 0 fully saturated rings. The van der Waals surface area contributed by atoms with Crippen molar-refractivity contribution in [2.45, 2.75) is 5.60 Å². The van der Waals surface area contributed by atoms with Crippen LogP contribution in [0.25, 0.3) is 0 Å². The molecule has 0 saturated carbocycles. The predicted molar refractivity (Wildman–Crippen MR) is 88.4 cm³/mol. The summed E-state index contributed by atoms with van der Waals surface area (Å²) < 4.78 is 31.6. The maximum atomic E-state index is 13.2. The topological polar surface area (TPSA) is 46.5 Å².